The number of carboxylic acid groups (broad SMARTS) is 2. The van der Waals surface area contributed by atoms with Crippen molar-refractivity contribution in [2.75, 3.05) is 0 Å². The second kappa shape index (κ2) is 7.46. The first-order valence-corrected chi connectivity index (χ1v) is 6.34. The summed E-state index contributed by atoms with van der Waals surface area (Å²) in [7, 11) is 0. The molecule has 0 aromatic heterocycles. The zero-order valence-electron chi connectivity index (χ0n) is 10.2. The van der Waals surface area contributed by atoms with Crippen LogP contribution >= 0.6 is 11.9 Å². The Morgan fingerprint density at radius 2 is 2.00 bits per heavy atom. The Hall–Kier alpha value is -2.13. The summed E-state index contributed by atoms with van der Waals surface area (Å²) in [6, 6.07) is 4.77. The lowest BCUT2D eigenvalue weighted by molar-refractivity contribution is -0.387. The van der Waals surface area contributed by atoms with Crippen LogP contribution in [0, 0.1) is 10.1 Å². The fourth-order valence-electron chi connectivity index (χ4n) is 1.33. The molecule has 0 aliphatic heterocycles. The molecule has 0 heterocycles. The van der Waals surface area contributed by atoms with Crippen LogP contribution < -0.4 is 4.72 Å². The van der Waals surface area contributed by atoms with Gasteiger partial charge in [0, 0.05) is 12.5 Å². The number of para-hydroxylation sites is 1. The van der Waals surface area contributed by atoms with E-state index in [2.05, 4.69) is 4.72 Å². The van der Waals surface area contributed by atoms with E-state index in [1.54, 1.807) is 6.07 Å². The molecule has 1 aromatic rings. The molecule has 8 nitrogen and oxygen atoms in total. The highest BCUT2D eigenvalue weighted by Gasteiger charge is 2.20. The van der Waals surface area contributed by atoms with E-state index in [1.807, 2.05) is 0 Å². The van der Waals surface area contributed by atoms with Gasteiger partial charge in [0.15, 0.2) is 0 Å². The van der Waals surface area contributed by atoms with E-state index < -0.39 is 22.9 Å². The van der Waals surface area contributed by atoms with Gasteiger partial charge in [0.05, 0.1) is 4.92 Å². The Labute approximate surface area is 118 Å². The van der Waals surface area contributed by atoms with Crippen molar-refractivity contribution in [2.24, 2.45) is 0 Å². The highest BCUT2D eigenvalue weighted by Crippen LogP contribution is 2.27. The quantitative estimate of drug-likeness (QED) is 0.374. The Morgan fingerprint density at radius 3 is 2.55 bits per heavy atom. The van der Waals surface area contributed by atoms with Crippen LogP contribution in [0.1, 0.15) is 12.8 Å². The molecule has 1 rings (SSSR count). The van der Waals surface area contributed by atoms with E-state index in [4.69, 9.17) is 10.2 Å². The SMILES string of the molecule is O=C(O)CC[C@H](NSc1ccccc1[N+](=O)[O-])C(=O)O. The van der Waals surface area contributed by atoms with E-state index in [0.717, 1.165) is 11.9 Å². The van der Waals surface area contributed by atoms with Crippen LogP contribution in [0.5, 0.6) is 0 Å². The summed E-state index contributed by atoms with van der Waals surface area (Å²) in [5, 5.41) is 28.3. The molecule has 3 N–H and O–H groups in total. The third-order valence-corrected chi connectivity index (χ3v) is 3.29. The third-order valence-electron chi connectivity index (χ3n) is 2.32. The smallest absolute Gasteiger partial charge is 0.321 e. The Kier molecular flexibility index (Phi) is 5.94. The van der Waals surface area contributed by atoms with E-state index in [9.17, 15) is 19.7 Å². The lowest BCUT2D eigenvalue weighted by atomic mass is 10.2. The second-order valence-corrected chi connectivity index (χ2v) is 4.65. The van der Waals surface area contributed by atoms with Gasteiger partial charge in [-0.15, -0.1) is 0 Å². The molecule has 0 fully saturated rings. The number of nitrogens with one attached hydrogen (secondary N) is 1. The number of hydrogen-bond donors (Lipinski definition) is 3. The van der Waals surface area contributed by atoms with Gasteiger partial charge in [0.2, 0.25) is 0 Å². The first-order chi connectivity index (χ1) is 9.41. The van der Waals surface area contributed by atoms with Crippen LogP contribution in [0.3, 0.4) is 0 Å². The van der Waals surface area contributed by atoms with E-state index in [-0.39, 0.29) is 23.4 Å². The minimum Gasteiger partial charge on any atom is -0.481 e. The van der Waals surface area contributed by atoms with Gasteiger partial charge in [-0.25, -0.2) is 4.72 Å². The molecule has 0 radical (unpaired) electrons. The zero-order valence-corrected chi connectivity index (χ0v) is 11.0. The molecule has 0 spiro atoms. The topological polar surface area (TPSA) is 130 Å². The Balaban J connectivity index is 2.70. The fourth-order valence-corrected chi connectivity index (χ4v) is 2.21. The number of carboxylic acids is 2. The summed E-state index contributed by atoms with van der Waals surface area (Å²) in [5.74, 6) is -2.31. The highest BCUT2D eigenvalue weighted by atomic mass is 32.2. The minimum absolute atomic E-state index is 0.113. The van der Waals surface area contributed by atoms with Crippen LogP contribution in [-0.4, -0.2) is 33.1 Å². The predicted octanol–water partition coefficient (Wildman–Crippen LogP) is 1.51. The van der Waals surface area contributed by atoms with Gasteiger partial charge < -0.3 is 10.2 Å². The molecule has 0 unspecified atom stereocenters. The largest absolute Gasteiger partial charge is 0.481 e. The molecule has 0 aliphatic rings. The average Bonchev–Trinajstić information content (AvgIpc) is 2.38. The number of benzene rings is 1. The van der Waals surface area contributed by atoms with E-state index >= 15 is 0 Å². The summed E-state index contributed by atoms with van der Waals surface area (Å²) in [6.45, 7) is 0. The van der Waals surface area contributed by atoms with Crippen molar-refractivity contribution in [1.29, 1.82) is 0 Å². The molecule has 0 bridgehead atoms. The fraction of sp³-hybridized carbons (Fsp3) is 0.273. The molecule has 1 atom stereocenters. The van der Waals surface area contributed by atoms with Crippen molar-refractivity contribution >= 4 is 29.6 Å². The molecule has 0 amide bonds. The lowest BCUT2D eigenvalue weighted by Crippen LogP contribution is -2.32. The first-order valence-electron chi connectivity index (χ1n) is 5.52. The first kappa shape index (κ1) is 15.9. The summed E-state index contributed by atoms with van der Waals surface area (Å²) < 4.78 is 2.54. The zero-order chi connectivity index (χ0) is 15.1. The monoisotopic (exact) mass is 300 g/mol. The number of nitrogens with zero attached hydrogens (tertiary/aromatic N) is 1. The summed E-state index contributed by atoms with van der Waals surface area (Å²) >= 11 is 0.798. The molecule has 0 saturated heterocycles. The van der Waals surface area contributed by atoms with Gasteiger partial charge in [-0.1, -0.05) is 12.1 Å². The van der Waals surface area contributed by atoms with Crippen LogP contribution in [0.4, 0.5) is 5.69 Å². The maximum absolute atomic E-state index is 10.9. The highest BCUT2D eigenvalue weighted by molar-refractivity contribution is 7.97. The normalized spacial score (nSPS) is 11.8. The average molecular weight is 300 g/mol. The number of nitro groups is 1. The summed E-state index contributed by atoms with van der Waals surface area (Å²) in [6.07, 6.45) is -0.417. The third kappa shape index (κ3) is 4.86. The second-order valence-electron chi connectivity index (χ2n) is 3.77. The molecule has 0 aliphatic carbocycles. The molecule has 1 aromatic carbocycles. The van der Waals surface area contributed by atoms with Gasteiger partial charge >= 0.3 is 11.9 Å². The predicted molar refractivity (Wildman–Crippen MR) is 70.4 cm³/mol. The van der Waals surface area contributed by atoms with Crippen LogP contribution in [-0.2, 0) is 9.59 Å². The number of nitro benzene ring substituents is 1. The van der Waals surface area contributed by atoms with Crippen LogP contribution in [0.15, 0.2) is 29.2 Å². The van der Waals surface area contributed by atoms with E-state index in [0.29, 0.717) is 0 Å². The summed E-state index contributed by atoms with van der Waals surface area (Å²) in [5.41, 5.74) is -0.146. The van der Waals surface area contributed by atoms with Gasteiger partial charge in [-0.2, -0.15) is 0 Å². The molecule has 9 heteroatoms. The number of hydrogen-bond acceptors (Lipinski definition) is 6. The van der Waals surface area contributed by atoms with Crippen molar-refractivity contribution in [2.45, 2.75) is 23.8 Å². The van der Waals surface area contributed by atoms with Crippen molar-refractivity contribution in [1.82, 2.24) is 4.72 Å². The van der Waals surface area contributed by atoms with Gasteiger partial charge in [-0.05, 0) is 24.4 Å². The van der Waals surface area contributed by atoms with Gasteiger partial charge in [-0.3, -0.25) is 19.7 Å². The number of rotatable bonds is 8. The molecule has 0 saturated carbocycles. The maximum atomic E-state index is 10.9. The van der Waals surface area contributed by atoms with Crippen LogP contribution in [0.25, 0.3) is 0 Å². The Bertz CT molecular complexity index is 521. The van der Waals surface area contributed by atoms with Crippen molar-refractivity contribution in [3.63, 3.8) is 0 Å². The molecule has 108 valence electrons. The summed E-state index contributed by atoms with van der Waals surface area (Å²) in [4.78, 5) is 31.9. The van der Waals surface area contributed by atoms with E-state index in [1.165, 1.54) is 18.2 Å². The van der Waals surface area contributed by atoms with Crippen molar-refractivity contribution < 1.29 is 24.7 Å². The van der Waals surface area contributed by atoms with Crippen LogP contribution in [0.2, 0.25) is 0 Å². The Morgan fingerprint density at radius 1 is 1.35 bits per heavy atom. The molecular weight excluding hydrogens is 288 g/mol. The van der Waals surface area contributed by atoms with Crippen molar-refractivity contribution in [3.05, 3.63) is 34.4 Å². The standard InChI is InChI=1S/C11H12N2O6S/c14-10(15)6-5-7(11(16)17)12-20-9-4-2-1-3-8(9)13(18)19/h1-4,7,12H,5-6H2,(H,14,15)(H,16,17)/t7-/m0/s1. The van der Waals surface area contributed by atoms with Crippen molar-refractivity contribution in [3.8, 4) is 0 Å². The van der Waals surface area contributed by atoms with Gasteiger partial charge in [0.1, 0.15) is 10.9 Å². The maximum Gasteiger partial charge on any atom is 0.321 e. The lowest BCUT2D eigenvalue weighted by Gasteiger charge is -2.12. The molecular formula is C11H12N2O6S. The molecule has 20 heavy (non-hydrogen) atoms. The number of carbonyl (C=O) groups is 2. The number of aliphatic carboxylic acids is 2. The minimum atomic E-state index is -1.21. The van der Waals surface area contributed by atoms with Gasteiger partial charge in [0.25, 0.3) is 5.69 Å².